The van der Waals surface area contributed by atoms with Gasteiger partial charge in [0.1, 0.15) is 11.8 Å². The maximum atomic E-state index is 14.9. The van der Waals surface area contributed by atoms with Gasteiger partial charge in [0, 0.05) is 24.6 Å². The van der Waals surface area contributed by atoms with Crippen molar-refractivity contribution in [1.82, 2.24) is 15.6 Å². The first-order chi connectivity index (χ1) is 23.2. The van der Waals surface area contributed by atoms with Crippen molar-refractivity contribution in [1.29, 1.82) is 0 Å². The molecule has 1 aliphatic rings. The topological polar surface area (TPSA) is 204 Å². The van der Waals surface area contributed by atoms with Crippen LogP contribution in [0.4, 0.5) is 0 Å². The summed E-state index contributed by atoms with van der Waals surface area (Å²) >= 11 is 0. The molecule has 12 heteroatoms. The second-order valence-corrected chi connectivity index (χ2v) is 13.9. The Hall–Kier alpha value is -4.00. The van der Waals surface area contributed by atoms with Crippen LogP contribution in [0.1, 0.15) is 79.0 Å². The normalized spacial score (nSPS) is 21.7. The van der Waals surface area contributed by atoms with Crippen LogP contribution >= 0.6 is 0 Å². The van der Waals surface area contributed by atoms with Crippen molar-refractivity contribution < 1.29 is 33.8 Å². The fourth-order valence-electron chi connectivity index (χ4n) is 6.71. The summed E-state index contributed by atoms with van der Waals surface area (Å²) in [4.78, 5) is 75.2. The van der Waals surface area contributed by atoms with Crippen molar-refractivity contribution in [2.24, 2.45) is 40.6 Å². The Labute approximate surface area is 289 Å². The van der Waals surface area contributed by atoms with E-state index in [9.17, 15) is 29.1 Å². The number of nitrogens with zero attached hydrogens (tertiary/aromatic N) is 1. The summed E-state index contributed by atoms with van der Waals surface area (Å²) in [7, 11) is 0. The Morgan fingerprint density at radius 3 is 2.24 bits per heavy atom. The molecule has 3 rings (SSSR count). The fourth-order valence-corrected chi connectivity index (χ4v) is 6.71. The zero-order valence-electron chi connectivity index (χ0n) is 29.4. The first kappa shape index (κ1) is 39.4. The minimum Gasteiger partial charge on any atom is -0.484 e. The summed E-state index contributed by atoms with van der Waals surface area (Å²) in [6.45, 7) is 10.5. The summed E-state index contributed by atoms with van der Waals surface area (Å²) in [6.07, 6.45) is 0.598. The van der Waals surface area contributed by atoms with Crippen LogP contribution in [-0.4, -0.2) is 70.1 Å². The number of pyridine rings is 1. The standard InChI is InChI=1S/C37H53N5O7/c1-7-23(6)31(39)34(46)32(26-15-11-12-18-40-26)42-36(48)37(30(22(4)5)33(45)25(38)19-21(2)3)28(43)17-16-27(35(37)47)41-29(44)20-49-24-13-9-8-10-14-24/h8-15,18,21-23,25,27,30-33,45H,7,16-17,19-20,38-39H2,1-6H3,(H,41,44)(H,42,48)/t23-,25-,27?,30?,31-,32?,33+,37+/m0/s1. The number of carbonyl (C=O) groups excluding carboxylic acids is 5. The van der Waals surface area contributed by atoms with E-state index < -0.39 is 83.3 Å². The van der Waals surface area contributed by atoms with Crippen LogP contribution in [-0.2, 0) is 24.0 Å². The number of para-hydroxylation sites is 1. The largest absolute Gasteiger partial charge is 0.484 e. The number of nitrogens with two attached hydrogens (primary N) is 2. The maximum Gasteiger partial charge on any atom is 0.258 e. The van der Waals surface area contributed by atoms with Gasteiger partial charge in [-0.15, -0.1) is 0 Å². The third-order valence-corrected chi connectivity index (χ3v) is 9.51. The molecule has 1 aromatic carbocycles. The smallest absolute Gasteiger partial charge is 0.258 e. The Bertz CT molecular complexity index is 1440. The highest BCUT2D eigenvalue weighted by Gasteiger charge is 2.64. The lowest BCUT2D eigenvalue weighted by atomic mass is 9.56. The third kappa shape index (κ3) is 9.17. The summed E-state index contributed by atoms with van der Waals surface area (Å²) < 4.78 is 5.55. The maximum absolute atomic E-state index is 14.9. The van der Waals surface area contributed by atoms with Crippen LogP contribution in [0.2, 0.25) is 0 Å². The minimum atomic E-state index is -2.51. The van der Waals surface area contributed by atoms with Crippen molar-refractivity contribution in [2.75, 3.05) is 6.61 Å². The SMILES string of the molecule is CC[C@H](C)[C@H](N)C(=O)C(NC(=O)[C@@]1(C(C(C)C)[C@H](O)[C@@H](N)CC(C)C)C(=O)CCC(NC(=O)COc2ccccc2)C1=O)c1ccccn1. The van der Waals surface area contributed by atoms with Gasteiger partial charge in [0.25, 0.3) is 5.91 Å². The van der Waals surface area contributed by atoms with Crippen LogP contribution in [0.25, 0.3) is 0 Å². The molecule has 8 atom stereocenters. The molecule has 1 aromatic heterocycles. The van der Waals surface area contributed by atoms with E-state index in [4.69, 9.17) is 16.2 Å². The number of aromatic nitrogens is 1. The predicted molar refractivity (Wildman–Crippen MR) is 185 cm³/mol. The number of Topliss-reactive ketones (excluding diaryl/α,β-unsaturated/α-hetero) is 3. The van der Waals surface area contributed by atoms with Crippen molar-refractivity contribution in [3.05, 3.63) is 60.4 Å². The van der Waals surface area contributed by atoms with E-state index in [-0.39, 0.29) is 30.4 Å². The van der Waals surface area contributed by atoms with Crippen LogP contribution < -0.4 is 26.8 Å². The van der Waals surface area contributed by atoms with Gasteiger partial charge in [0.05, 0.1) is 23.9 Å². The molecule has 0 saturated heterocycles. The Morgan fingerprint density at radius 2 is 1.67 bits per heavy atom. The molecule has 49 heavy (non-hydrogen) atoms. The van der Waals surface area contributed by atoms with Crippen LogP contribution in [0, 0.1) is 29.1 Å². The predicted octanol–water partition coefficient (Wildman–Crippen LogP) is 2.67. The number of ketones is 3. The molecule has 2 aromatic rings. The zero-order valence-corrected chi connectivity index (χ0v) is 29.4. The second kappa shape index (κ2) is 17.6. The van der Waals surface area contributed by atoms with E-state index in [0.717, 1.165) is 0 Å². The number of nitrogens with one attached hydrogen (secondary N) is 2. The number of carbonyl (C=O) groups is 5. The lowest BCUT2D eigenvalue weighted by molar-refractivity contribution is -0.166. The number of aliphatic hydroxyl groups is 1. The number of hydrogen-bond acceptors (Lipinski definition) is 10. The number of ether oxygens (including phenoxy) is 1. The first-order valence-corrected chi connectivity index (χ1v) is 17.2. The minimum absolute atomic E-state index is 0.0600. The average Bonchev–Trinajstić information content (AvgIpc) is 3.08. The molecule has 2 amide bonds. The molecule has 0 spiro atoms. The molecule has 0 bridgehead atoms. The molecule has 3 unspecified atom stereocenters. The van der Waals surface area contributed by atoms with Gasteiger partial charge in [-0.1, -0.05) is 72.2 Å². The summed E-state index contributed by atoms with van der Waals surface area (Å²) in [6, 6.07) is 8.93. The molecule has 1 fully saturated rings. The molecule has 1 saturated carbocycles. The quantitative estimate of drug-likeness (QED) is 0.155. The lowest BCUT2D eigenvalue weighted by Gasteiger charge is -2.47. The average molecular weight is 680 g/mol. The molecular weight excluding hydrogens is 626 g/mol. The first-order valence-electron chi connectivity index (χ1n) is 17.2. The van der Waals surface area contributed by atoms with Crippen molar-refractivity contribution in [2.45, 2.75) is 97.5 Å². The number of aliphatic hydroxyl groups excluding tert-OH is 1. The highest BCUT2D eigenvalue weighted by Crippen LogP contribution is 2.45. The van der Waals surface area contributed by atoms with Gasteiger partial charge in [-0.05, 0) is 54.9 Å². The van der Waals surface area contributed by atoms with E-state index in [2.05, 4.69) is 15.6 Å². The summed E-state index contributed by atoms with van der Waals surface area (Å²) in [5.41, 5.74) is 10.5. The summed E-state index contributed by atoms with van der Waals surface area (Å²) in [5, 5.41) is 17.2. The molecule has 12 nitrogen and oxygen atoms in total. The van der Waals surface area contributed by atoms with E-state index in [1.165, 1.54) is 6.20 Å². The van der Waals surface area contributed by atoms with Gasteiger partial charge < -0.3 is 31.9 Å². The molecule has 1 heterocycles. The van der Waals surface area contributed by atoms with Crippen molar-refractivity contribution in [3.63, 3.8) is 0 Å². The van der Waals surface area contributed by atoms with Crippen LogP contribution in [0.3, 0.4) is 0 Å². The van der Waals surface area contributed by atoms with Gasteiger partial charge in [-0.2, -0.15) is 0 Å². The number of amides is 2. The molecular formula is C37H53N5O7. The Morgan fingerprint density at radius 1 is 1.02 bits per heavy atom. The monoisotopic (exact) mass is 679 g/mol. The molecule has 7 N–H and O–H groups in total. The molecule has 0 radical (unpaired) electrons. The van der Waals surface area contributed by atoms with Gasteiger partial charge >= 0.3 is 0 Å². The van der Waals surface area contributed by atoms with Gasteiger partial charge in [0.15, 0.2) is 29.4 Å². The van der Waals surface area contributed by atoms with Crippen molar-refractivity contribution in [3.8, 4) is 5.75 Å². The fraction of sp³-hybridized carbons (Fsp3) is 0.568. The zero-order chi connectivity index (χ0) is 36.5. The van der Waals surface area contributed by atoms with Crippen LogP contribution in [0.5, 0.6) is 5.75 Å². The lowest BCUT2D eigenvalue weighted by Crippen LogP contribution is -2.68. The Kier molecular flexibility index (Phi) is 14.2. The molecule has 0 aliphatic heterocycles. The third-order valence-electron chi connectivity index (χ3n) is 9.51. The highest BCUT2D eigenvalue weighted by atomic mass is 16.5. The molecule has 268 valence electrons. The van der Waals surface area contributed by atoms with E-state index in [1.807, 2.05) is 27.7 Å². The summed E-state index contributed by atoms with van der Waals surface area (Å²) in [5.74, 6) is -5.53. The van der Waals surface area contributed by atoms with Gasteiger partial charge in [-0.25, -0.2) is 0 Å². The number of hydrogen-bond donors (Lipinski definition) is 5. The number of benzene rings is 1. The van der Waals surface area contributed by atoms with E-state index >= 15 is 0 Å². The van der Waals surface area contributed by atoms with E-state index in [1.54, 1.807) is 62.4 Å². The van der Waals surface area contributed by atoms with E-state index in [0.29, 0.717) is 18.6 Å². The number of rotatable bonds is 17. The second-order valence-electron chi connectivity index (χ2n) is 13.9. The van der Waals surface area contributed by atoms with Gasteiger partial charge in [0.2, 0.25) is 5.91 Å². The van der Waals surface area contributed by atoms with Crippen molar-refractivity contribution >= 4 is 29.2 Å². The Balaban J connectivity index is 2.12. The van der Waals surface area contributed by atoms with Gasteiger partial charge in [-0.3, -0.25) is 29.0 Å². The highest BCUT2D eigenvalue weighted by molar-refractivity contribution is 6.27. The molecule has 1 aliphatic carbocycles. The van der Waals surface area contributed by atoms with Crippen LogP contribution in [0.15, 0.2) is 54.7 Å².